The van der Waals surface area contributed by atoms with Crippen molar-refractivity contribution in [2.75, 3.05) is 6.61 Å². The molecule has 8 heteroatoms. The van der Waals surface area contributed by atoms with Crippen molar-refractivity contribution in [3.05, 3.63) is 29.3 Å². The molecule has 98 valence electrons. The molecule has 0 saturated heterocycles. The summed E-state index contributed by atoms with van der Waals surface area (Å²) in [4.78, 5) is 21.7. The summed E-state index contributed by atoms with van der Waals surface area (Å²) < 4.78 is 27.0. The van der Waals surface area contributed by atoms with Gasteiger partial charge >= 0.3 is 11.9 Å². The summed E-state index contributed by atoms with van der Waals surface area (Å²) in [5, 5.41) is 8.89. The van der Waals surface area contributed by atoms with Crippen LogP contribution in [0.5, 0.6) is 0 Å². The second-order valence-electron chi connectivity index (χ2n) is 3.17. The van der Waals surface area contributed by atoms with Gasteiger partial charge in [0.25, 0.3) is 9.05 Å². The van der Waals surface area contributed by atoms with Crippen molar-refractivity contribution in [3.8, 4) is 0 Å². The quantitative estimate of drug-likeness (QED) is 0.667. The molecule has 1 aromatic carbocycles. The molecule has 0 saturated carbocycles. The molecule has 18 heavy (non-hydrogen) atoms. The van der Waals surface area contributed by atoms with Crippen molar-refractivity contribution in [1.29, 1.82) is 0 Å². The number of halogens is 1. The smallest absolute Gasteiger partial charge is 0.338 e. The van der Waals surface area contributed by atoms with Crippen molar-refractivity contribution in [3.63, 3.8) is 0 Å². The van der Waals surface area contributed by atoms with Crippen LogP contribution in [-0.2, 0) is 13.8 Å². The van der Waals surface area contributed by atoms with E-state index in [0.717, 1.165) is 18.2 Å². The molecule has 0 atom stereocenters. The summed E-state index contributed by atoms with van der Waals surface area (Å²) >= 11 is 0. The van der Waals surface area contributed by atoms with E-state index in [1.807, 2.05) is 0 Å². The molecule has 6 nitrogen and oxygen atoms in total. The van der Waals surface area contributed by atoms with Crippen LogP contribution in [0.4, 0.5) is 0 Å². The van der Waals surface area contributed by atoms with Crippen LogP contribution in [0.1, 0.15) is 27.6 Å². The van der Waals surface area contributed by atoms with E-state index >= 15 is 0 Å². The fourth-order valence-electron chi connectivity index (χ4n) is 1.25. The minimum atomic E-state index is -4.19. The van der Waals surface area contributed by atoms with Gasteiger partial charge in [0.15, 0.2) is 0 Å². The highest BCUT2D eigenvalue weighted by molar-refractivity contribution is 8.13. The third kappa shape index (κ3) is 3.21. The maximum absolute atomic E-state index is 11.4. The number of carbonyl (C=O) groups excluding carboxylic acids is 1. The van der Waals surface area contributed by atoms with E-state index in [-0.39, 0.29) is 12.2 Å². The predicted octanol–water partition coefficient (Wildman–Crippen LogP) is 1.49. The lowest BCUT2D eigenvalue weighted by molar-refractivity contribution is 0.0526. The minimum Gasteiger partial charge on any atom is -0.478 e. The minimum absolute atomic E-state index is 0.0571. The number of hydrogen-bond acceptors (Lipinski definition) is 5. The van der Waals surface area contributed by atoms with Gasteiger partial charge in [0, 0.05) is 10.7 Å². The number of aromatic carboxylic acids is 1. The molecule has 0 aliphatic heterocycles. The van der Waals surface area contributed by atoms with Crippen LogP contribution in [0.15, 0.2) is 23.1 Å². The van der Waals surface area contributed by atoms with E-state index in [9.17, 15) is 18.0 Å². The monoisotopic (exact) mass is 292 g/mol. The lowest BCUT2D eigenvalue weighted by Gasteiger charge is -2.06. The number of rotatable bonds is 4. The number of ether oxygens (including phenoxy) is 1. The molecule has 0 aliphatic rings. The number of esters is 1. The largest absolute Gasteiger partial charge is 0.478 e. The second-order valence-corrected chi connectivity index (χ2v) is 5.71. The lowest BCUT2D eigenvalue weighted by atomic mass is 10.1. The Bertz CT molecular complexity index is 592. The van der Waals surface area contributed by atoms with Crippen LogP contribution in [0.25, 0.3) is 0 Å². The molecular weight excluding hydrogens is 284 g/mol. The third-order valence-corrected chi connectivity index (χ3v) is 3.36. The van der Waals surface area contributed by atoms with Gasteiger partial charge in [-0.1, -0.05) is 0 Å². The molecule has 0 fully saturated rings. The average Bonchev–Trinajstić information content (AvgIpc) is 2.27. The Kier molecular flexibility index (Phi) is 4.31. The Balaban J connectivity index is 3.37. The first-order valence-corrected chi connectivity index (χ1v) is 7.07. The van der Waals surface area contributed by atoms with Crippen LogP contribution >= 0.6 is 10.7 Å². The fourth-order valence-corrected chi connectivity index (χ4v) is 2.29. The topological polar surface area (TPSA) is 97.7 Å². The van der Waals surface area contributed by atoms with Crippen molar-refractivity contribution >= 4 is 31.7 Å². The van der Waals surface area contributed by atoms with Gasteiger partial charge in [-0.15, -0.1) is 0 Å². The number of benzene rings is 1. The Morgan fingerprint density at radius 3 is 2.44 bits per heavy atom. The van der Waals surface area contributed by atoms with Crippen LogP contribution in [-0.4, -0.2) is 32.1 Å². The number of carboxylic acid groups (broad SMARTS) is 1. The molecule has 0 aromatic heterocycles. The molecule has 1 rings (SSSR count). The molecule has 0 aliphatic carbocycles. The summed E-state index contributed by atoms with van der Waals surface area (Å²) in [5.74, 6) is -2.24. The van der Waals surface area contributed by atoms with E-state index < -0.39 is 31.4 Å². The standard InChI is InChI=1S/C10H9ClO6S/c1-2-17-10(14)6-3-4-8(18(11,15)16)7(5-6)9(12)13/h3-5H,2H2,1H3,(H,12,13). The van der Waals surface area contributed by atoms with Gasteiger partial charge < -0.3 is 9.84 Å². The summed E-state index contributed by atoms with van der Waals surface area (Å²) in [6, 6.07) is 3.01. The zero-order valence-corrected chi connectivity index (χ0v) is 10.8. The molecule has 1 N–H and O–H groups in total. The van der Waals surface area contributed by atoms with E-state index in [1.165, 1.54) is 0 Å². The van der Waals surface area contributed by atoms with Gasteiger partial charge in [-0.25, -0.2) is 18.0 Å². The van der Waals surface area contributed by atoms with Gasteiger partial charge in [0.1, 0.15) is 0 Å². The zero-order chi connectivity index (χ0) is 13.9. The van der Waals surface area contributed by atoms with Crippen LogP contribution in [0.2, 0.25) is 0 Å². The van der Waals surface area contributed by atoms with Crippen LogP contribution < -0.4 is 0 Å². The number of carbonyl (C=O) groups is 2. The first-order chi connectivity index (χ1) is 8.27. The Hall–Kier alpha value is -1.60. The van der Waals surface area contributed by atoms with Crippen LogP contribution in [0, 0.1) is 0 Å². The number of hydrogen-bond donors (Lipinski definition) is 1. The maximum atomic E-state index is 11.4. The van der Waals surface area contributed by atoms with Gasteiger partial charge in [-0.3, -0.25) is 0 Å². The summed E-state index contributed by atoms with van der Waals surface area (Å²) in [5.41, 5.74) is -0.631. The van der Waals surface area contributed by atoms with Gasteiger partial charge in [0.05, 0.1) is 22.6 Å². The molecule has 0 amide bonds. The zero-order valence-electron chi connectivity index (χ0n) is 9.21. The Morgan fingerprint density at radius 1 is 1.39 bits per heavy atom. The molecule has 0 heterocycles. The Morgan fingerprint density at radius 2 is 2.00 bits per heavy atom. The normalized spacial score (nSPS) is 11.0. The van der Waals surface area contributed by atoms with Gasteiger partial charge in [0.2, 0.25) is 0 Å². The molecule has 0 radical (unpaired) electrons. The van der Waals surface area contributed by atoms with E-state index in [1.54, 1.807) is 6.92 Å². The van der Waals surface area contributed by atoms with E-state index in [4.69, 9.17) is 15.8 Å². The molecule has 0 unspecified atom stereocenters. The maximum Gasteiger partial charge on any atom is 0.338 e. The van der Waals surface area contributed by atoms with E-state index in [2.05, 4.69) is 4.74 Å². The fraction of sp³-hybridized carbons (Fsp3) is 0.200. The number of carboxylic acids is 1. The van der Waals surface area contributed by atoms with Gasteiger partial charge in [-0.05, 0) is 25.1 Å². The van der Waals surface area contributed by atoms with Crippen molar-refractivity contribution < 1.29 is 27.9 Å². The summed E-state index contributed by atoms with van der Waals surface area (Å²) in [7, 11) is 0.900. The summed E-state index contributed by atoms with van der Waals surface area (Å²) in [6.07, 6.45) is 0. The molecular formula is C10H9ClO6S. The highest BCUT2D eigenvalue weighted by Crippen LogP contribution is 2.22. The molecule has 0 spiro atoms. The van der Waals surface area contributed by atoms with Crippen molar-refractivity contribution in [2.24, 2.45) is 0 Å². The second kappa shape index (κ2) is 5.36. The average molecular weight is 293 g/mol. The Labute approximate surface area is 108 Å². The lowest BCUT2D eigenvalue weighted by Crippen LogP contribution is -2.10. The first-order valence-electron chi connectivity index (χ1n) is 4.76. The SMILES string of the molecule is CCOC(=O)c1ccc(S(=O)(=O)Cl)c(C(=O)O)c1. The summed E-state index contributed by atoms with van der Waals surface area (Å²) in [6.45, 7) is 1.71. The first kappa shape index (κ1) is 14.5. The van der Waals surface area contributed by atoms with Crippen molar-refractivity contribution in [1.82, 2.24) is 0 Å². The molecule has 0 bridgehead atoms. The van der Waals surface area contributed by atoms with Crippen LogP contribution in [0.3, 0.4) is 0 Å². The molecule has 1 aromatic rings. The third-order valence-electron chi connectivity index (χ3n) is 1.98. The van der Waals surface area contributed by atoms with E-state index in [0.29, 0.717) is 0 Å². The van der Waals surface area contributed by atoms with Crippen molar-refractivity contribution in [2.45, 2.75) is 11.8 Å². The highest BCUT2D eigenvalue weighted by Gasteiger charge is 2.22. The highest BCUT2D eigenvalue weighted by atomic mass is 35.7. The van der Waals surface area contributed by atoms with Gasteiger partial charge in [-0.2, -0.15) is 0 Å². The predicted molar refractivity (Wildman–Crippen MR) is 62.4 cm³/mol.